The summed E-state index contributed by atoms with van der Waals surface area (Å²) >= 11 is 0. The van der Waals surface area contributed by atoms with Crippen molar-refractivity contribution in [3.05, 3.63) is 35.6 Å². The van der Waals surface area contributed by atoms with Crippen LogP contribution in [0.1, 0.15) is 25.8 Å². The highest BCUT2D eigenvalue weighted by Crippen LogP contribution is 2.08. The molecule has 1 aromatic rings. The molecule has 0 fully saturated rings. The highest BCUT2D eigenvalue weighted by atomic mass is 19.1. The van der Waals surface area contributed by atoms with E-state index in [9.17, 15) is 9.18 Å². The van der Waals surface area contributed by atoms with Gasteiger partial charge in [0.25, 0.3) is 0 Å². The maximum absolute atomic E-state index is 13.2. The van der Waals surface area contributed by atoms with Gasteiger partial charge in [-0.2, -0.15) is 0 Å². The van der Waals surface area contributed by atoms with E-state index in [2.05, 4.69) is 0 Å². The van der Waals surface area contributed by atoms with Crippen molar-refractivity contribution in [2.24, 2.45) is 5.92 Å². The van der Waals surface area contributed by atoms with Crippen molar-refractivity contribution in [2.75, 3.05) is 6.61 Å². The summed E-state index contributed by atoms with van der Waals surface area (Å²) in [6.07, 6.45) is 0.807. The fourth-order valence-corrected chi connectivity index (χ4v) is 1.25. The molecule has 1 rings (SSSR count). The van der Waals surface area contributed by atoms with Crippen molar-refractivity contribution in [3.63, 3.8) is 0 Å². The lowest BCUT2D eigenvalue weighted by Crippen LogP contribution is -2.16. The molecule has 0 bridgehead atoms. The lowest BCUT2D eigenvalue weighted by atomic mass is 10.0. The molecule has 0 heterocycles. The molecule has 0 saturated heterocycles. The first-order chi connectivity index (χ1) is 7.65. The second-order valence-electron chi connectivity index (χ2n) is 3.86. The average Bonchev–Trinajstić information content (AvgIpc) is 2.30. The molecule has 0 spiro atoms. The molecule has 2 nitrogen and oxygen atoms in total. The fraction of sp³-hybridized carbons (Fsp3) is 0.462. The Balaban J connectivity index is 2.36. The predicted molar refractivity (Wildman–Crippen MR) is 60.5 cm³/mol. The zero-order valence-corrected chi connectivity index (χ0v) is 9.70. The first-order valence-corrected chi connectivity index (χ1v) is 5.49. The van der Waals surface area contributed by atoms with Crippen LogP contribution in [0.25, 0.3) is 0 Å². The van der Waals surface area contributed by atoms with E-state index in [4.69, 9.17) is 4.74 Å². The molecule has 88 valence electrons. The van der Waals surface area contributed by atoms with Crippen LogP contribution in [0.15, 0.2) is 24.3 Å². The molecule has 3 heteroatoms. The monoisotopic (exact) mass is 224 g/mol. The van der Waals surface area contributed by atoms with Crippen LogP contribution in [0.4, 0.5) is 4.39 Å². The van der Waals surface area contributed by atoms with Gasteiger partial charge < -0.3 is 4.74 Å². The molecule has 0 radical (unpaired) electrons. The Hall–Kier alpha value is -1.22. The molecule has 0 aliphatic rings. The number of carbonyl (C=O) groups excluding carboxylic acids is 1. The van der Waals surface area contributed by atoms with Gasteiger partial charge in [-0.15, -0.1) is 0 Å². The van der Waals surface area contributed by atoms with Gasteiger partial charge in [-0.1, -0.05) is 32.0 Å². The Kier molecular flexibility index (Phi) is 5.12. The van der Waals surface area contributed by atoms with E-state index in [0.29, 0.717) is 5.56 Å². The molecule has 0 aromatic heterocycles. The van der Waals surface area contributed by atoms with E-state index in [1.54, 1.807) is 18.2 Å². The number of benzene rings is 1. The molecule has 0 aliphatic heterocycles. The summed E-state index contributed by atoms with van der Waals surface area (Å²) in [4.78, 5) is 11.4. The van der Waals surface area contributed by atoms with E-state index in [0.717, 1.165) is 6.42 Å². The number of hydrogen-bond acceptors (Lipinski definition) is 2. The lowest BCUT2D eigenvalue weighted by molar-refractivity contribution is -0.127. The second-order valence-corrected chi connectivity index (χ2v) is 3.86. The molecule has 0 N–H and O–H groups in total. The van der Waals surface area contributed by atoms with Gasteiger partial charge in [0, 0.05) is 11.5 Å². The Morgan fingerprint density at radius 3 is 2.75 bits per heavy atom. The van der Waals surface area contributed by atoms with Crippen LogP contribution in [0.3, 0.4) is 0 Å². The van der Waals surface area contributed by atoms with Gasteiger partial charge in [-0.3, -0.25) is 4.79 Å². The van der Waals surface area contributed by atoms with Crippen LogP contribution in [-0.4, -0.2) is 12.4 Å². The Morgan fingerprint density at radius 1 is 1.44 bits per heavy atom. The van der Waals surface area contributed by atoms with Crippen molar-refractivity contribution < 1.29 is 13.9 Å². The second kappa shape index (κ2) is 6.38. The largest absolute Gasteiger partial charge is 0.369 e. The normalized spacial score (nSPS) is 12.4. The standard InChI is InChI=1S/C13H17FO2/c1-3-10(2)13(15)9-16-8-11-6-4-5-7-12(11)14/h4-7,10H,3,8-9H2,1-2H3. The van der Waals surface area contributed by atoms with Crippen molar-refractivity contribution in [2.45, 2.75) is 26.9 Å². The number of halogens is 1. The molecule has 0 amide bonds. The molecule has 0 saturated carbocycles. The molecular formula is C13H17FO2. The van der Waals surface area contributed by atoms with E-state index in [1.807, 2.05) is 13.8 Å². The first-order valence-electron chi connectivity index (χ1n) is 5.49. The number of hydrogen-bond donors (Lipinski definition) is 0. The summed E-state index contributed by atoms with van der Waals surface area (Å²) < 4.78 is 18.4. The van der Waals surface area contributed by atoms with Gasteiger partial charge in [-0.05, 0) is 12.5 Å². The lowest BCUT2D eigenvalue weighted by Gasteiger charge is -2.08. The van der Waals surface area contributed by atoms with Crippen LogP contribution >= 0.6 is 0 Å². The van der Waals surface area contributed by atoms with Crippen LogP contribution in [-0.2, 0) is 16.1 Å². The van der Waals surface area contributed by atoms with Gasteiger partial charge in [0.15, 0.2) is 5.78 Å². The fourth-order valence-electron chi connectivity index (χ4n) is 1.25. The smallest absolute Gasteiger partial charge is 0.161 e. The van der Waals surface area contributed by atoms with Crippen molar-refractivity contribution in [1.29, 1.82) is 0 Å². The minimum atomic E-state index is -0.293. The first kappa shape index (κ1) is 12.8. The minimum absolute atomic E-state index is 0.0145. The summed E-state index contributed by atoms with van der Waals surface area (Å²) in [6, 6.07) is 6.42. The number of carbonyl (C=O) groups is 1. The van der Waals surface area contributed by atoms with E-state index in [-0.39, 0.29) is 30.7 Å². The molecule has 1 unspecified atom stereocenters. The third-order valence-corrected chi connectivity index (χ3v) is 2.62. The third-order valence-electron chi connectivity index (χ3n) is 2.62. The van der Waals surface area contributed by atoms with Gasteiger partial charge in [0.1, 0.15) is 12.4 Å². The van der Waals surface area contributed by atoms with Crippen LogP contribution in [0, 0.1) is 11.7 Å². The minimum Gasteiger partial charge on any atom is -0.369 e. The third kappa shape index (κ3) is 3.74. The van der Waals surface area contributed by atoms with Gasteiger partial charge in [0.2, 0.25) is 0 Å². The van der Waals surface area contributed by atoms with Crippen molar-refractivity contribution in [3.8, 4) is 0 Å². The molecule has 16 heavy (non-hydrogen) atoms. The zero-order valence-electron chi connectivity index (χ0n) is 9.70. The zero-order chi connectivity index (χ0) is 12.0. The van der Waals surface area contributed by atoms with Gasteiger partial charge >= 0.3 is 0 Å². The summed E-state index contributed by atoms with van der Waals surface area (Å²) in [5.41, 5.74) is 0.486. The van der Waals surface area contributed by atoms with Crippen LogP contribution in [0.5, 0.6) is 0 Å². The van der Waals surface area contributed by atoms with Gasteiger partial charge in [0.05, 0.1) is 6.61 Å². The maximum Gasteiger partial charge on any atom is 0.161 e. The summed E-state index contributed by atoms with van der Waals surface area (Å²) in [5.74, 6) is -0.210. The van der Waals surface area contributed by atoms with Gasteiger partial charge in [-0.25, -0.2) is 4.39 Å². The summed E-state index contributed by atoms with van der Waals surface area (Å²) in [7, 11) is 0. The molecule has 1 atom stereocenters. The van der Waals surface area contributed by atoms with Crippen LogP contribution in [0.2, 0.25) is 0 Å². The van der Waals surface area contributed by atoms with Crippen molar-refractivity contribution in [1.82, 2.24) is 0 Å². The van der Waals surface area contributed by atoms with Crippen molar-refractivity contribution >= 4 is 5.78 Å². The number of ether oxygens (including phenoxy) is 1. The Morgan fingerprint density at radius 2 is 2.12 bits per heavy atom. The SMILES string of the molecule is CCC(C)C(=O)COCc1ccccc1F. The number of Topliss-reactive ketones (excluding diaryl/α,β-unsaturated/α-hetero) is 1. The predicted octanol–water partition coefficient (Wildman–Crippen LogP) is 2.96. The van der Waals surface area contributed by atoms with Crippen LogP contribution < -0.4 is 0 Å². The highest BCUT2D eigenvalue weighted by molar-refractivity contribution is 5.81. The van der Waals surface area contributed by atoms with E-state index >= 15 is 0 Å². The number of rotatable bonds is 6. The number of ketones is 1. The Bertz CT molecular complexity index is 350. The highest BCUT2D eigenvalue weighted by Gasteiger charge is 2.10. The molecular weight excluding hydrogens is 207 g/mol. The molecule has 0 aliphatic carbocycles. The molecule has 1 aromatic carbocycles. The average molecular weight is 224 g/mol. The summed E-state index contributed by atoms with van der Waals surface area (Å²) in [6.45, 7) is 4.03. The van der Waals surface area contributed by atoms with E-state index in [1.165, 1.54) is 6.07 Å². The summed E-state index contributed by atoms with van der Waals surface area (Å²) in [5, 5.41) is 0. The van der Waals surface area contributed by atoms with E-state index < -0.39 is 0 Å². The topological polar surface area (TPSA) is 26.3 Å². The Labute approximate surface area is 95.4 Å². The maximum atomic E-state index is 13.2. The quantitative estimate of drug-likeness (QED) is 0.742.